The Morgan fingerprint density at radius 2 is 1.67 bits per heavy atom. The minimum atomic E-state index is -0.599. The van der Waals surface area contributed by atoms with E-state index in [9.17, 15) is 9.59 Å². The molecule has 0 aliphatic heterocycles. The number of hydrazine groups is 1. The molecule has 2 N–H and O–H groups in total. The number of amides is 3. The smallest absolute Gasteiger partial charge is 0.307 e. The van der Waals surface area contributed by atoms with E-state index in [1.165, 1.54) is 5.01 Å². The summed E-state index contributed by atoms with van der Waals surface area (Å²) in [7, 11) is 0. The molecule has 126 valence electrons. The summed E-state index contributed by atoms with van der Waals surface area (Å²) < 4.78 is 0. The molecule has 0 spiro atoms. The zero-order valence-electron chi connectivity index (χ0n) is 13.8. The molecule has 2 aromatic rings. The average Bonchev–Trinajstić information content (AvgIpc) is 2.52. The van der Waals surface area contributed by atoms with Gasteiger partial charge in [0.25, 0.3) is 5.91 Å². The first-order valence-electron chi connectivity index (χ1n) is 7.50. The Labute approximate surface area is 146 Å². The molecule has 0 radical (unpaired) electrons. The molecule has 0 saturated heterocycles. The molecule has 0 heterocycles. The average molecular weight is 346 g/mol. The highest BCUT2D eigenvalue weighted by atomic mass is 35.5. The lowest BCUT2D eigenvalue weighted by Gasteiger charge is -2.35. The first kappa shape index (κ1) is 17.8. The normalized spacial score (nSPS) is 10.8. The van der Waals surface area contributed by atoms with Crippen LogP contribution in [0.2, 0.25) is 5.02 Å². The number of benzene rings is 2. The van der Waals surface area contributed by atoms with Crippen molar-refractivity contribution in [3.63, 3.8) is 0 Å². The van der Waals surface area contributed by atoms with Gasteiger partial charge in [-0.3, -0.25) is 4.79 Å². The van der Waals surface area contributed by atoms with Crippen molar-refractivity contribution in [1.29, 1.82) is 0 Å². The van der Waals surface area contributed by atoms with E-state index >= 15 is 0 Å². The Hall–Kier alpha value is -2.53. The van der Waals surface area contributed by atoms with E-state index < -0.39 is 11.6 Å². The van der Waals surface area contributed by atoms with E-state index in [1.54, 1.807) is 48.5 Å². The largest absolute Gasteiger partial charge is 0.338 e. The van der Waals surface area contributed by atoms with Gasteiger partial charge in [0.15, 0.2) is 0 Å². The predicted molar refractivity (Wildman–Crippen MR) is 96.0 cm³/mol. The third kappa shape index (κ3) is 4.73. The quantitative estimate of drug-likeness (QED) is 0.796. The van der Waals surface area contributed by atoms with Crippen molar-refractivity contribution in [2.45, 2.75) is 26.3 Å². The second-order valence-electron chi connectivity index (χ2n) is 6.25. The number of hydrogen-bond donors (Lipinski definition) is 2. The van der Waals surface area contributed by atoms with Crippen LogP contribution in [0, 0.1) is 0 Å². The van der Waals surface area contributed by atoms with Crippen molar-refractivity contribution in [3.05, 3.63) is 65.2 Å². The lowest BCUT2D eigenvalue weighted by atomic mass is 10.1. The summed E-state index contributed by atoms with van der Waals surface area (Å²) in [5.74, 6) is -0.288. The number of halogens is 1. The minimum Gasteiger partial charge on any atom is -0.307 e. The molecule has 5 nitrogen and oxygen atoms in total. The number of anilines is 1. The topological polar surface area (TPSA) is 61.4 Å². The molecule has 24 heavy (non-hydrogen) atoms. The van der Waals surface area contributed by atoms with Gasteiger partial charge in [0.2, 0.25) is 0 Å². The summed E-state index contributed by atoms with van der Waals surface area (Å²) in [6.45, 7) is 5.52. The van der Waals surface area contributed by atoms with Crippen molar-refractivity contribution in [1.82, 2.24) is 10.4 Å². The predicted octanol–water partition coefficient (Wildman–Crippen LogP) is 4.32. The van der Waals surface area contributed by atoms with Gasteiger partial charge in [-0.25, -0.2) is 15.2 Å². The Balaban J connectivity index is 2.14. The Morgan fingerprint density at radius 3 is 2.25 bits per heavy atom. The summed E-state index contributed by atoms with van der Waals surface area (Å²) in [5.41, 5.74) is 3.05. The van der Waals surface area contributed by atoms with Crippen molar-refractivity contribution in [2.75, 3.05) is 5.32 Å². The van der Waals surface area contributed by atoms with Crippen molar-refractivity contribution in [3.8, 4) is 0 Å². The van der Waals surface area contributed by atoms with Crippen LogP contribution in [0.5, 0.6) is 0 Å². The first-order valence-corrected chi connectivity index (χ1v) is 7.88. The van der Waals surface area contributed by atoms with Crippen LogP contribution >= 0.6 is 11.6 Å². The molecule has 0 bridgehead atoms. The van der Waals surface area contributed by atoms with E-state index in [1.807, 2.05) is 26.8 Å². The minimum absolute atomic E-state index is 0.288. The molecular weight excluding hydrogens is 326 g/mol. The van der Waals surface area contributed by atoms with Gasteiger partial charge in [0.1, 0.15) is 0 Å². The maximum absolute atomic E-state index is 12.7. The Bertz CT molecular complexity index is 727. The number of carbonyl (C=O) groups excluding carboxylic acids is 2. The SMILES string of the molecule is CC(C)(C)N(NC(=O)Nc1cccc(Cl)c1)C(=O)c1ccccc1. The van der Waals surface area contributed by atoms with E-state index in [0.29, 0.717) is 16.3 Å². The van der Waals surface area contributed by atoms with Gasteiger partial charge in [-0.15, -0.1) is 0 Å². The van der Waals surface area contributed by atoms with Crippen LogP contribution in [-0.4, -0.2) is 22.5 Å². The van der Waals surface area contributed by atoms with Gasteiger partial charge in [-0.05, 0) is 51.1 Å². The summed E-state index contributed by atoms with van der Waals surface area (Å²) in [4.78, 5) is 25.0. The lowest BCUT2D eigenvalue weighted by Crippen LogP contribution is -2.56. The van der Waals surface area contributed by atoms with Crippen molar-refractivity contribution < 1.29 is 9.59 Å². The number of rotatable bonds is 2. The van der Waals surface area contributed by atoms with Crippen LogP contribution in [0.3, 0.4) is 0 Å². The van der Waals surface area contributed by atoms with Crippen LogP contribution in [0.25, 0.3) is 0 Å². The van der Waals surface area contributed by atoms with Gasteiger partial charge in [0, 0.05) is 16.3 Å². The molecule has 2 rings (SSSR count). The Kier molecular flexibility index (Phi) is 5.46. The maximum Gasteiger partial charge on any atom is 0.338 e. The number of nitrogens with one attached hydrogen (secondary N) is 2. The molecule has 0 aliphatic rings. The number of urea groups is 1. The third-order valence-corrected chi connectivity index (χ3v) is 3.43. The molecule has 3 amide bonds. The van der Waals surface area contributed by atoms with E-state index in [0.717, 1.165) is 0 Å². The fraction of sp³-hybridized carbons (Fsp3) is 0.222. The highest BCUT2D eigenvalue weighted by molar-refractivity contribution is 6.30. The molecule has 0 aliphatic carbocycles. The van der Waals surface area contributed by atoms with Crippen molar-refractivity contribution in [2.24, 2.45) is 0 Å². The van der Waals surface area contributed by atoms with E-state index in [-0.39, 0.29) is 5.91 Å². The molecule has 0 fully saturated rings. The van der Waals surface area contributed by atoms with E-state index in [2.05, 4.69) is 10.7 Å². The van der Waals surface area contributed by atoms with Crippen molar-refractivity contribution >= 4 is 29.2 Å². The third-order valence-electron chi connectivity index (χ3n) is 3.19. The molecule has 0 aromatic heterocycles. The van der Waals surface area contributed by atoms with Crippen LogP contribution in [0.15, 0.2) is 54.6 Å². The van der Waals surface area contributed by atoms with Crippen LogP contribution in [0.1, 0.15) is 31.1 Å². The first-order chi connectivity index (χ1) is 11.3. The fourth-order valence-corrected chi connectivity index (χ4v) is 2.25. The highest BCUT2D eigenvalue weighted by Crippen LogP contribution is 2.17. The Morgan fingerprint density at radius 1 is 1.00 bits per heavy atom. The molecule has 2 aromatic carbocycles. The summed E-state index contributed by atoms with van der Waals surface area (Å²) in [6.07, 6.45) is 0. The molecule has 0 saturated carbocycles. The molecule has 6 heteroatoms. The monoisotopic (exact) mass is 345 g/mol. The van der Waals surface area contributed by atoms with Gasteiger partial charge in [-0.2, -0.15) is 0 Å². The van der Waals surface area contributed by atoms with Gasteiger partial charge in [-0.1, -0.05) is 35.9 Å². The summed E-state index contributed by atoms with van der Waals surface area (Å²) in [6, 6.07) is 15.1. The molecule has 0 unspecified atom stereocenters. The van der Waals surface area contributed by atoms with Crippen LogP contribution in [0.4, 0.5) is 10.5 Å². The number of carbonyl (C=O) groups is 2. The fourth-order valence-electron chi connectivity index (χ4n) is 2.06. The lowest BCUT2D eigenvalue weighted by molar-refractivity contribution is 0.0460. The zero-order chi connectivity index (χ0) is 17.7. The highest BCUT2D eigenvalue weighted by Gasteiger charge is 2.29. The number of nitrogens with zero attached hydrogens (tertiary/aromatic N) is 1. The zero-order valence-corrected chi connectivity index (χ0v) is 14.6. The number of hydrogen-bond acceptors (Lipinski definition) is 2. The second kappa shape index (κ2) is 7.36. The maximum atomic E-state index is 12.7. The molecule has 0 atom stereocenters. The molecular formula is C18H20ClN3O2. The van der Waals surface area contributed by atoms with Gasteiger partial charge in [0.05, 0.1) is 5.54 Å². The van der Waals surface area contributed by atoms with Gasteiger partial charge >= 0.3 is 6.03 Å². The standard InChI is InChI=1S/C18H20ClN3O2/c1-18(2,3)22(16(23)13-8-5-4-6-9-13)21-17(24)20-15-11-7-10-14(19)12-15/h4-12H,1-3H3,(H2,20,21,24). The van der Waals surface area contributed by atoms with Crippen LogP contribution in [-0.2, 0) is 0 Å². The summed E-state index contributed by atoms with van der Waals surface area (Å²) in [5, 5.41) is 4.49. The van der Waals surface area contributed by atoms with Gasteiger partial charge < -0.3 is 5.32 Å². The summed E-state index contributed by atoms with van der Waals surface area (Å²) >= 11 is 5.90. The van der Waals surface area contributed by atoms with Crippen LogP contribution < -0.4 is 10.7 Å². The second-order valence-corrected chi connectivity index (χ2v) is 6.69. The van der Waals surface area contributed by atoms with E-state index in [4.69, 9.17) is 11.6 Å².